The fourth-order valence-electron chi connectivity index (χ4n) is 3.43. The Balaban J connectivity index is 2.09. The lowest BCUT2D eigenvalue weighted by Crippen LogP contribution is -2.51. The Morgan fingerprint density at radius 2 is 1.81 bits per heavy atom. The van der Waals surface area contributed by atoms with Crippen molar-refractivity contribution in [3.63, 3.8) is 0 Å². The zero-order chi connectivity index (χ0) is 20.4. The minimum absolute atomic E-state index is 0.0122. The van der Waals surface area contributed by atoms with Crippen LogP contribution in [0.25, 0.3) is 0 Å². The topological polar surface area (TPSA) is 75.4 Å². The van der Waals surface area contributed by atoms with Crippen LogP contribution in [0, 0.1) is 11.3 Å². The summed E-state index contributed by atoms with van der Waals surface area (Å²) in [6, 6.07) is 7.10. The van der Waals surface area contributed by atoms with Crippen LogP contribution in [0.15, 0.2) is 24.3 Å². The Hall–Kier alpha value is -1.88. The monoisotopic (exact) mass is 373 g/mol. The summed E-state index contributed by atoms with van der Waals surface area (Å²) in [6.45, 7) is 14.4. The van der Waals surface area contributed by atoms with Gasteiger partial charge in [0.15, 0.2) is 0 Å². The number of nitrogens with zero attached hydrogens (tertiary/aromatic N) is 1. The zero-order valence-electron chi connectivity index (χ0n) is 17.6. The first-order valence-electron chi connectivity index (χ1n) is 9.87. The molecule has 5 nitrogen and oxygen atoms in total. The van der Waals surface area contributed by atoms with Gasteiger partial charge in [-0.25, -0.2) is 0 Å². The minimum Gasteiger partial charge on any atom is -0.340 e. The summed E-state index contributed by atoms with van der Waals surface area (Å²) in [7, 11) is 0. The lowest BCUT2D eigenvalue weighted by Gasteiger charge is -2.28. The van der Waals surface area contributed by atoms with E-state index in [1.54, 1.807) is 0 Å². The van der Waals surface area contributed by atoms with Gasteiger partial charge in [-0.3, -0.25) is 9.59 Å². The van der Waals surface area contributed by atoms with E-state index < -0.39 is 6.04 Å². The molecule has 0 aliphatic carbocycles. The fraction of sp³-hybridized carbons (Fsp3) is 0.636. The van der Waals surface area contributed by atoms with Crippen LogP contribution in [-0.2, 0) is 10.2 Å². The quantitative estimate of drug-likeness (QED) is 0.833. The highest BCUT2D eigenvalue weighted by atomic mass is 16.2. The number of benzene rings is 1. The Bertz CT molecular complexity index is 676. The first kappa shape index (κ1) is 21.4. The van der Waals surface area contributed by atoms with Gasteiger partial charge in [-0.1, -0.05) is 53.7 Å². The van der Waals surface area contributed by atoms with Crippen molar-refractivity contribution >= 4 is 11.8 Å². The molecule has 1 heterocycles. The van der Waals surface area contributed by atoms with Gasteiger partial charge < -0.3 is 16.0 Å². The number of amides is 2. The van der Waals surface area contributed by atoms with Crippen LogP contribution in [0.1, 0.15) is 63.9 Å². The van der Waals surface area contributed by atoms with E-state index in [-0.39, 0.29) is 28.6 Å². The molecule has 1 saturated heterocycles. The first-order valence-corrected chi connectivity index (χ1v) is 9.87. The van der Waals surface area contributed by atoms with E-state index >= 15 is 0 Å². The van der Waals surface area contributed by atoms with Crippen LogP contribution in [0.3, 0.4) is 0 Å². The first-order chi connectivity index (χ1) is 12.5. The number of nitrogens with two attached hydrogens (primary N) is 1. The molecule has 1 aromatic rings. The lowest BCUT2D eigenvalue weighted by molar-refractivity contribution is -0.133. The maximum Gasteiger partial charge on any atom is 0.251 e. The molecule has 0 saturated carbocycles. The summed E-state index contributed by atoms with van der Waals surface area (Å²) >= 11 is 0. The number of carbonyl (C=O) groups is 2. The number of rotatable bonds is 5. The second-order valence-electron chi connectivity index (χ2n) is 9.55. The highest BCUT2D eigenvalue weighted by Crippen LogP contribution is 2.29. The van der Waals surface area contributed by atoms with E-state index in [1.165, 1.54) is 5.56 Å². The molecule has 1 aromatic carbocycles. The van der Waals surface area contributed by atoms with Crippen molar-refractivity contribution in [2.45, 2.75) is 59.4 Å². The molecule has 0 aromatic heterocycles. The zero-order valence-corrected chi connectivity index (χ0v) is 17.6. The van der Waals surface area contributed by atoms with Gasteiger partial charge in [0, 0.05) is 18.7 Å². The second kappa shape index (κ2) is 8.01. The maximum absolute atomic E-state index is 13.0. The average Bonchev–Trinajstić information content (AvgIpc) is 3.01. The third-order valence-corrected chi connectivity index (χ3v) is 5.59. The molecule has 150 valence electrons. The second-order valence-corrected chi connectivity index (χ2v) is 9.55. The average molecular weight is 374 g/mol. The molecular weight excluding hydrogens is 338 g/mol. The van der Waals surface area contributed by atoms with Crippen molar-refractivity contribution in [1.29, 1.82) is 0 Å². The molecule has 5 heteroatoms. The normalized spacial score (nSPS) is 21.4. The van der Waals surface area contributed by atoms with Crippen LogP contribution < -0.4 is 11.1 Å². The molecule has 2 atom stereocenters. The highest BCUT2D eigenvalue weighted by molar-refractivity contribution is 5.97. The largest absolute Gasteiger partial charge is 0.340 e. The summed E-state index contributed by atoms with van der Waals surface area (Å²) in [6.07, 6.45) is 0.905. The molecule has 0 bridgehead atoms. The predicted octanol–water partition coefficient (Wildman–Crippen LogP) is 2.94. The Morgan fingerprint density at radius 1 is 1.22 bits per heavy atom. The maximum atomic E-state index is 13.0. The third-order valence-electron chi connectivity index (χ3n) is 5.59. The molecule has 3 N–H and O–H groups in total. The minimum atomic E-state index is -0.528. The molecule has 1 aliphatic heterocycles. The van der Waals surface area contributed by atoms with Gasteiger partial charge in [-0.15, -0.1) is 0 Å². The van der Waals surface area contributed by atoms with Gasteiger partial charge >= 0.3 is 0 Å². The van der Waals surface area contributed by atoms with E-state index in [0.29, 0.717) is 25.2 Å². The standard InChI is InChI=1S/C22H35N3O2/c1-15(2)18(20(27)25-12-11-22(6,13-23)14-25)24-19(26)16-7-9-17(10-8-16)21(3,4)5/h7-10,15,18H,11-14,23H2,1-6H3,(H,24,26). The van der Waals surface area contributed by atoms with Crippen LogP contribution >= 0.6 is 0 Å². The van der Waals surface area contributed by atoms with Crippen LogP contribution in [-0.4, -0.2) is 42.4 Å². The number of hydrogen-bond acceptors (Lipinski definition) is 3. The number of carbonyl (C=O) groups excluding carboxylic acids is 2. The molecular formula is C22H35N3O2. The Kier molecular flexibility index (Phi) is 6.35. The molecule has 1 aliphatic rings. The van der Waals surface area contributed by atoms with Gasteiger partial charge in [0.05, 0.1) is 0 Å². The van der Waals surface area contributed by atoms with Crippen molar-refractivity contribution in [2.24, 2.45) is 17.1 Å². The van der Waals surface area contributed by atoms with Gasteiger partial charge in [0.1, 0.15) is 6.04 Å². The summed E-state index contributed by atoms with van der Waals surface area (Å²) < 4.78 is 0. The number of hydrogen-bond donors (Lipinski definition) is 2. The molecule has 1 fully saturated rings. The summed E-state index contributed by atoms with van der Waals surface area (Å²) in [4.78, 5) is 27.6. The van der Waals surface area contributed by atoms with E-state index in [0.717, 1.165) is 6.42 Å². The van der Waals surface area contributed by atoms with Crippen molar-refractivity contribution in [3.8, 4) is 0 Å². The van der Waals surface area contributed by atoms with Crippen molar-refractivity contribution < 1.29 is 9.59 Å². The summed E-state index contributed by atoms with van der Waals surface area (Å²) in [5, 5.41) is 2.95. The van der Waals surface area contributed by atoms with E-state index in [4.69, 9.17) is 5.73 Å². The summed E-state index contributed by atoms with van der Waals surface area (Å²) in [5.41, 5.74) is 7.63. The molecule has 0 spiro atoms. The van der Waals surface area contributed by atoms with Crippen LogP contribution in [0.4, 0.5) is 0 Å². The van der Waals surface area contributed by atoms with Crippen LogP contribution in [0.2, 0.25) is 0 Å². The molecule has 27 heavy (non-hydrogen) atoms. The molecule has 2 unspecified atom stereocenters. The SMILES string of the molecule is CC(C)C(NC(=O)c1ccc(C(C)(C)C)cc1)C(=O)N1CCC(C)(CN)C1. The van der Waals surface area contributed by atoms with Crippen LogP contribution in [0.5, 0.6) is 0 Å². The predicted molar refractivity (Wildman–Crippen MR) is 110 cm³/mol. The lowest BCUT2D eigenvalue weighted by atomic mass is 9.86. The van der Waals surface area contributed by atoms with Crippen molar-refractivity contribution in [1.82, 2.24) is 10.2 Å². The van der Waals surface area contributed by atoms with Gasteiger partial charge in [-0.2, -0.15) is 0 Å². The van der Waals surface area contributed by atoms with E-state index in [9.17, 15) is 9.59 Å². The van der Waals surface area contributed by atoms with E-state index in [2.05, 4.69) is 33.0 Å². The number of nitrogens with one attached hydrogen (secondary N) is 1. The molecule has 0 radical (unpaired) electrons. The van der Waals surface area contributed by atoms with Gasteiger partial charge in [0.2, 0.25) is 5.91 Å². The molecule has 2 rings (SSSR count). The van der Waals surface area contributed by atoms with Crippen molar-refractivity contribution in [2.75, 3.05) is 19.6 Å². The van der Waals surface area contributed by atoms with Gasteiger partial charge in [-0.05, 0) is 47.4 Å². The smallest absolute Gasteiger partial charge is 0.251 e. The Morgan fingerprint density at radius 3 is 2.26 bits per heavy atom. The Labute approximate surface area is 163 Å². The highest BCUT2D eigenvalue weighted by Gasteiger charge is 2.38. The summed E-state index contributed by atoms with van der Waals surface area (Å²) in [5.74, 6) is -0.204. The fourth-order valence-corrected chi connectivity index (χ4v) is 3.43. The van der Waals surface area contributed by atoms with Gasteiger partial charge in [0.25, 0.3) is 5.91 Å². The number of likely N-dealkylation sites (tertiary alicyclic amines) is 1. The van der Waals surface area contributed by atoms with E-state index in [1.807, 2.05) is 43.0 Å². The third kappa shape index (κ3) is 5.10. The molecule has 2 amide bonds. The van der Waals surface area contributed by atoms with Crippen molar-refractivity contribution in [3.05, 3.63) is 35.4 Å².